The molecule has 2 N–H and O–H groups in total. The Morgan fingerprint density at radius 2 is 1.74 bits per heavy atom. The topological polar surface area (TPSA) is 85.9 Å². The van der Waals surface area contributed by atoms with Crippen LogP contribution < -0.4 is 20.1 Å². The lowest BCUT2D eigenvalue weighted by Gasteiger charge is -2.30. The Morgan fingerprint density at radius 1 is 1.03 bits per heavy atom. The van der Waals surface area contributed by atoms with Crippen molar-refractivity contribution in [1.29, 1.82) is 0 Å². The van der Waals surface area contributed by atoms with Gasteiger partial charge in [-0.2, -0.15) is 0 Å². The van der Waals surface area contributed by atoms with Crippen LogP contribution >= 0.6 is 11.6 Å². The molecule has 164 valence electrons. The van der Waals surface area contributed by atoms with Crippen molar-refractivity contribution in [1.82, 2.24) is 10.6 Å². The first-order valence-electron chi connectivity index (χ1n) is 10.1. The van der Waals surface area contributed by atoms with Crippen molar-refractivity contribution in [2.24, 2.45) is 0 Å². The number of carbonyl (C=O) groups is 2. The van der Waals surface area contributed by atoms with Crippen molar-refractivity contribution in [2.75, 3.05) is 19.8 Å². The zero-order valence-electron chi connectivity index (χ0n) is 17.7. The number of rotatable bonds is 8. The largest absolute Gasteiger partial charge is 0.490 e. The molecule has 2 amide bonds. The fraction of sp³-hybridized carbons (Fsp3) is 0.304. The van der Waals surface area contributed by atoms with Gasteiger partial charge in [-0.25, -0.2) is 9.59 Å². The number of halogens is 1. The molecule has 0 aliphatic carbocycles. The molecule has 0 radical (unpaired) electrons. The summed E-state index contributed by atoms with van der Waals surface area (Å²) in [4.78, 5) is 25.5. The van der Waals surface area contributed by atoms with Crippen LogP contribution in [0.25, 0.3) is 5.70 Å². The van der Waals surface area contributed by atoms with Crippen molar-refractivity contribution in [3.05, 3.63) is 64.2 Å². The molecule has 0 saturated heterocycles. The number of hydrogen-bond acceptors (Lipinski definition) is 5. The lowest BCUT2D eigenvalue weighted by Crippen LogP contribution is -2.45. The molecule has 2 aromatic rings. The summed E-state index contributed by atoms with van der Waals surface area (Å²) in [5.41, 5.74) is 1.92. The molecule has 31 heavy (non-hydrogen) atoms. The number of benzene rings is 2. The number of ether oxygens (including phenoxy) is 3. The highest BCUT2D eigenvalue weighted by Crippen LogP contribution is 2.41. The molecule has 1 atom stereocenters. The molecule has 1 aliphatic rings. The van der Waals surface area contributed by atoms with Gasteiger partial charge in [0.1, 0.15) is 0 Å². The summed E-state index contributed by atoms with van der Waals surface area (Å²) in [5.74, 6) is 0.311. The summed E-state index contributed by atoms with van der Waals surface area (Å²) >= 11 is 6.48. The van der Waals surface area contributed by atoms with Gasteiger partial charge in [0.2, 0.25) is 0 Å². The molecular weight excluding hydrogens is 420 g/mol. The van der Waals surface area contributed by atoms with Crippen molar-refractivity contribution < 1.29 is 23.8 Å². The lowest BCUT2D eigenvalue weighted by molar-refractivity contribution is -0.138. The minimum Gasteiger partial charge on any atom is -0.490 e. The zero-order chi connectivity index (χ0) is 22.4. The molecule has 1 aliphatic heterocycles. The Hall–Kier alpha value is -3.19. The number of amides is 2. The summed E-state index contributed by atoms with van der Waals surface area (Å²) in [6, 6.07) is 11.3. The van der Waals surface area contributed by atoms with E-state index in [0.29, 0.717) is 46.6 Å². The fourth-order valence-corrected chi connectivity index (χ4v) is 3.65. The Morgan fingerprint density at radius 3 is 2.39 bits per heavy atom. The number of nitrogens with one attached hydrogen (secondary N) is 2. The predicted octanol–water partition coefficient (Wildman–Crippen LogP) is 4.47. The minimum atomic E-state index is -0.796. The fourth-order valence-electron chi connectivity index (χ4n) is 3.38. The van der Waals surface area contributed by atoms with Crippen LogP contribution in [-0.2, 0) is 9.53 Å². The second-order valence-corrected chi connectivity index (χ2v) is 7.01. The van der Waals surface area contributed by atoms with E-state index in [4.69, 9.17) is 25.8 Å². The zero-order valence-corrected chi connectivity index (χ0v) is 18.4. The highest BCUT2D eigenvalue weighted by Gasteiger charge is 2.35. The van der Waals surface area contributed by atoms with Gasteiger partial charge < -0.3 is 24.8 Å². The third-order valence-electron chi connectivity index (χ3n) is 4.58. The Balaban J connectivity index is 2.19. The van der Waals surface area contributed by atoms with E-state index in [2.05, 4.69) is 10.6 Å². The van der Waals surface area contributed by atoms with Gasteiger partial charge in [0.15, 0.2) is 11.5 Å². The average Bonchev–Trinajstić information content (AvgIpc) is 2.76. The van der Waals surface area contributed by atoms with Crippen molar-refractivity contribution in [2.45, 2.75) is 26.8 Å². The minimum absolute atomic E-state index is 0.194. The normalized spacial score (nSPS) is 15.7. The first-order chi connectivity index (χ1) is 15.0. The quantitative estimate of drug-likeness (QED) is 0.587. The first-order valence-corrected chi connectivity index (χ1v) is 10.5. The molecule has 3 rings (SSSR count). The van der Waals surface area contributed by atoms with E-state index in [9.17, 15) is 9.59 Å². The summed E-state index contributed by atoms with van der Waals surface area (Å²) < 4.78 is 16.7. The number of esters is 1. The second-order valence-electron chi connectivity index (χ2n) is 6.60. The van der Waals surface area contributed by atoms with Gasteiger partial charge in [-0.3, -0.25) is 0 Å². The molecule has 2 aromatic carbocycles. The molecule has 1 heterocycles. The number of hydrogen-bond donors (Lipinski definition) is 2. The molecule has 0 spiro atoms. The second kappa shape index (κ2) is 10.2. The van der Waals surface area contributed by atoms with E-state index in [1.165, 1.54) is 0 Å². The smallest absolute Gasteiger partial charge is 0.338 e. The standard InChI is InChI=1S/C23H25ClN2O5/c1-4-29-17-13-15(12-16(24)21(17)30-5-2)20-18(22(27)31-6-3)19(25-23(28)26-20)14-10-8-7-9-11-14/h7-13,20H,4-6H2,1-3H3,(H2,25,26,28). The summed E-state index contributed by atoms with van der Waals surface area (Å²) in [6.45, 7) is 6.43. The van der Waals surface area contributed by atoms with Crippen LogP contribution in [-0.4, -0.2) is 31.8 Å². The van der Waals surface area contributed by atoms with E-state index < -0.39 is 18.0 Å². The van der Waals surface area contributed by atoms with E-state index in [1.807, 2.05) is 44.2 Å². The van der Waals surface area contributed by atoms with E-state index in [0.717, 1.165) is 0 Å². The molecule has 7 nitrogen and oxygen atoms in total. The van der Waals surface area contributed by atoms with Gasteiger partial charge in [0, 0.05) is 0 Å². The lowest BCUT2D eigenvalue weighted by atomic mass is 9.92. The van der Waals surface area contributed by atoms with Crippen molar-refractivity contribution in [3.8, 4) is 11.5 Å². The van der Waals surface area contributed by atoms with Crippen LogP contribution in [0, 0.1) is 0 Å². The monoisotopic (exact) mass is 444 g/mol. The molecular formula is C23H25ClN2O5. The van der Waals surface area contributed by atoms with Gasteiger partial charge in [-0.05, 0) is 44.0 Å². The van der Waals surface area contributed by atoms with Gasteiger partial charge in [0.05, 0.1) is 42.2 Å². The molecule has 0 saturated carbocycles. The Bertz CT molecular complexity index is 991. The summed E-state index contributed by atoms with van der Waals surface area (Å²) in [7, 11) is 0. The van der Waals surface area contributed by atoms with Crippen LogP contribution in [0.1, 0.15) is 37.9 Å². The third-order valence-corrected chi connectivity index (χ3v) is 4.86. The average molecular weight is 445 g/mol. The molecule has 0 fully saturated rings. The molecule has 0 bridgehead atoms. The maximum Gasteiger partial charge on any atom is 0.338 e. The first kappa shape index (κ1) is 22.5. The van der Waals surface area contributed by atoms with Crippen LogP contribution in [0.4, 0.5) is 4.79 Å². The van der Waals surface area contributed by atoms with Gasteiger partial charge in [-0.1, -0.05) is 41.9 Å². The van der Waals surface area contributed by atoms with E-state index in [1.54, 1.807) is 19.1 Å². The van der Waals surface area contributed by atoms with Crippen LogP contribution in [0.2, 0.25) is 5.02 Å². The van der Waals surface area contributed by atoms with Gasteiger partial charge in [-0.15, -0.1) is 0 Å². The summed E-state index contributed by atoms with van der Waals surface area (Å²) in [6.07, 6.45) is 0. The molecule has 1 unspecified atom stereocenters. The van der Waals surface area contributed by atoms with Crippen molar-refractivity contribution in [3.63, 3.8) is 0 Å². The van der Waals surface area contributed by atoms with Gasteiger partial charge in [0.25, 0.3) is 0 Å². The van der Waals surface area contributed by atoms with Crippen molar-refractivity contribution >= 4 is 29.3 Å². The molecule has 0 aromatic heterocycles. The number of carbonyl (C=O) groups excluding carboxylic acids is 2. The SMILES string of the molecule is CCOC(=O)C1=C(c2ccccc2)NC(=O)NC1c1cc(Cl)c(OCC)c(OCC)c1. The van der Waals surface area contributed by atoms with Crippen LogP contribution in [0.15, 0.2) is 48.0 Å². The predicted molar refractivity (Wildman–Crippen MR) is 118 cm³/mol. The van der Waals surface area contributed by atoms with Crippen LogP contribution in [0.5, 0.6) is 11.5 Å². The Labute approximate surface area is 186 Å². The maximum absolute atomic E-state index is 13.0. The highest BCUT2D eigenvalue weighted by molar-refractivity contribution is 6.32. The summed E-state index contributed by atoms with van der Waals surface area (Å²) in [5, 5.41) is 5.87. The van der Waals surface area contributed by atoms with E-state index >= 15 is 0 Å². The number of urea groups is 1. The Kier molecular flexibility index (Phi) is 7.41. The maximum atomic E-state index is 13.0. The van der Waals surface area contributed by atoms with Crippen LogP contribution in [0.3, 0.4) is 0 Å². The third kappa shape index (κ3) is 4.94. The highest BCUT2D eigenvalue weighted by atomic mass is 35.5. The van der Waals surface area contributed by atoms with E-state index in [-0.39, 0.29) is 12.2 Å². The molecule has 8 heteroatoms. The van der Waals surface area contributed by atoms with Gasteiger partial charge >= 0.3 is 12.0 Å².